The largest absolute Gasteiger partial charge is 0.463 e. The summed E-state index contributed by atoms with van der Waals surface area (Å²) in [5.41, 5.74) is 1.17. The van der Waals surface area contributed by atoms with Crippen molar-refractivity contribution in [1.82, 2.24) is 14.8 Å². The van der Waals surface area contributed by atoms with E-state index in [1.54, 1.807) is 17.2 Å². The lowest BCUT2D eigenvalue weighted by atomic mass is 9.92. The third-order valence-electron chi connectivity index (χ3n) is 6.85. The van der Waals surface area contributed by atoms with Crippen molar-refractivity contribution >= 4 is 22.9 Å². The monoisotopic (exact) mass is 429 g/mol. The molecule has 1 fully saturated rings. The summed E-state index contributed by atoms with van der Waals surface area (Å²) in [7, 11) is 0. The molecular formula is C24H35N3O4. The van der Waals surface area contributed by atoms with Crippen LogP contribution >= 0.6 is 0 Å². The van der Waals surface area contributed by atoms with Gasteiger partial charge in [0.1, 0.15) is 11.2 Å². The summed E-state index contributed by atoms with van der Waals surface area (Å²) in [5, 5.41) is 3.31. The molecule has 170 valence electrons. The number of nitrogens with zero attached hydrogens (tertiary/aromatic N) is 2. The molecule has 0 unspecified atom stereocenters. The Morgan fingerprint density at radius 3 is 2.74 bits per heavy atom. The van der Waals surface area contributed by atoms with Gasteiger partial charge >= 0.3 is 0 Å². The SMILES string of the molecule is CCOCCCN1C(=O)c2cc3occc3n2C[C@]1(C)C(=O)NC1CCCCCCC1. The van der Waals surface area contributed by atoms with Gasteiger partial charge in [-0.1, -0.05) is 32.1 Å². The first-order valence-corrected chi connectivity index (χ1v) is 11.8. The Hall–Kier alpha value is -2.28. The standard InChI is InChI=1S/C24H35N3O4/c1-3-30-14-9-13-27-22(28)20-16-21-19(12-15-31-21)26(20)17-24(27,2)23(29)25-18-10-7-5-4-6-8-11-18/h12,15-16,18H,3-11,13-14,17H2,1-2H3,(H,25,29)/t24-/m1/s1. The summed E-state index contributed by atoms with van der Waals surface area (Å²) in [6, 6.07) is 3.84. The molecule has 2 aromatic heterocycles. The molecule has 3 heterocycles. The number of hydrogen-bond acceptors (Lipinski definition) is 4. The first-order chi connectivity index (χ1) is 15.0. The molecule has 0 radical (unpaired) electrons. The molecule has 2 aromatic rings. The number of aromatic nitrogens is 1. The zero-order chi connectivity index (χ0) is 21.8. The number of carbonyl (C=O) groups is 2. The summed E-state index contributed by atoms with van der Waals surface area (Å²) in [6.45, 7) is 5.99. The van der Waals surface area contributed by atoms with Gasteiger partial charge in [-0.15, -0.1) is 0 Å². The van der Waals surface area contributed by atoms with E-state index in [2.05, 4.69) is 5.32 Å². The van der Waals surface area contributed by atoms with E-state index in [9.17, 15) is 9.59 Å². The molecule has 0 saturated heterocycles. The molecule has 2 amide bonds. The summed E-state index contributed by atoms with van der Waals surface area (Å²) in [6.07, 6.45) is 10.4. The minimum absolute atomic E-state index is 0.0566. The van der Waals surface area contributed by atoms with Crippen LogP contribution in [-0.4, -0.2) is 52.6 Å². The third kappa shape index (κ3) is 4.38. The van der Waals surface area contributed by atoms with Gasteiger partial charge in [-0.05, 0) is 33.1 Å². The normalized spacial score (nSPS) is 22.9. The van der Waals surface area contributed by atoms with E-state index < -0.39 is 5.54 Å². The Morgan fingerprint density at radius 2 is 2.00 bits per heavy atom. The predicted molar refractivity (Wildman–Crippen MR) is 119 cm³/mol. The first kappa shape index (κ1) is 21.9. The van der Waals surface area contributed by atoms with Crippen molar-refractivity contribution in [2.75, 3.05) is 19.8 Å². The minimum Gasteiger partial charge on any atom is -0.463 e. The van der Waals surface area contributed by atoms with Gasteiger partial charge in [-0.25, -0.2) is 0 Å². The van der Waals surface area contributed by atoms with Crippen LogP contribution in [0, 0.1) is 0 Å². The quantitative estimate of drug-likeness (QED) is 0.672. The molecule has 7 heteroatoms. The second-order valence-electron chi connectivity index (χ2n) is 9.08. The van der Waals surface area contributed by atoms with E-state index in [4.69, 9.17) is 9.15 Å². The molecule has 31 heavy (non-hydrogen) atoms. The molecule has 1 atom stereocenters. The number of hydrogen-bond donors (Lipinski definition) is 1. The maximum absolute atomic E-state index is 13.7. The Kier molecular flexibility index (Phi) is 6.70. The molecule has 1 N–H and O–H groups in total. The summed E-state index contributed by atoms with van der Waals surface area (Å²) in [4.78, 5) is 28.9. The van der Waals surface area contributed by atoms with Crippen LogP contribution in [0.1, 0.15) is 75.7 Å². The van der Waals surface area contributed by atoms with Crippen molar-refractivity contribution in [1.29, 1.82) is 0 Å². The lowest BCUT2D eigenvalue weighted by Gasteiger charge is -2.44. The molecule has 0 bridgehead atoms. The fourth-order valence-electron chi connectivity index (χ4n) is 5.03. The number of amides is 2. The van der Waals surface area contributed by atoms with Gasteiger partial charge in [0.05, 0.1) is 18.3 Å². The van der Waals surface area contributed by atoms with Crippen LogP contribution in [0.5, 0.6) is 0 Å². The van der Waals surface area contributed by atoms with E-state index in [0.717, 1.165) is 31.2 Å². The highest BCUT2D eigenvalue weighted by Gasteiger charge is 2.48. The van der Waals surface area contributed by atoms with E-state index in [1.165, 1.54) is 19.3 Å². The van der Waals surface area contributed by atoms with Crippen LogP contribution in [0.4, 0.5) is 0 Å². The van der Waals surface area contributed by atoms with Crippen molar-refractivity contribution in [2.45, 2.75) is 83.3 Å². The van der Waals surface area contributed by atoms with Gasteiger partial charge in [-0.3, -0.25) is 9.59 Å². The first-order valence-electron chi connectivity index (χ1n) is 11.8. The van der Waals surface area contributed by atoms with Crippen molar-refractivity contribution in [3.8, 4) is 0 Å². The topological polar surface area (TPSA) is 76.7 Å². The highest BCUT2D eigenvalue weighted by atomic mass is 16.5. The molecule has 0 spiro atoms. The van der Waals surface area contributed by atoms with Gasteiger partial charge in [0, 0.05) is 37.9 Å². The number of furan rings is 1. The van der Waals surface area contributed by atoms with Gasteiger partial charge in [0.15, 0.2) is 5.58 Å². The van der Waals surface area contributed by atoms with Crippen molar-refractivity contribution in [2.24, 2.45) is 0 Å². The molecule has 1 aliphatic heterocycles. The summed E-state index contributed by atoms with van der Waals surface area (Å²) >= 11 is 0. The van der Waals surface area contributed by atoms with Crippen molar-refractivity contribution < 1.29 is 18.7 Å². The Balaban J connectivity index is 1.59. The molecule has 0 aromatic carbocycles. The molecule has 4 rings (SSSR count). The van der Waals surface area contributed by atoms with Crippen LogP contribution in [0.3, 0.4) is 0 Å². The van der Waals surface area contributed by atoms with Gasteiger partial charge in [-0.2, -0.15) is 0 Å². The number of rotatable bonds is 7. The van der Waals surface area contributed by atoms with E-state index in [1.807, 2.05) is 24.5 Å². The minimum atomic E-state index is -0.956. The number of fused-ring (bicyclic) bond motifs is 3. The molecule has 2 aliphatic rings. The van der Waals surface area contributed by atoms with Gasteiger partial charge < -0.3 is 23.9 Å². The van der Waals surface area contributed by atoms with Crippen molar-refractivity contribution in [3.05, 3.63) is 24.1 Å². The maximum atomic E-state index is 13.7. The zero-order valence-corrected chi connectivity index (χ0v) is 18.8. The Bertz CT molecular complexity index is 909. The molecule has 1 saturated carbocycles. The van der Waals surface area contributed by atoms with Crippen LogP contribution in [0.25, 0.3) is 11.1 Å². The smallest absolute Gasteiger partial charge is 0.271 e. The van der Waals surface area contributed by atoms with Crippen LogP contribution in [-0.2, 0) is 16.1 Å². The second-order valence-corrected chi connectivity index (χ2v) is 9.08. The number of nitrogens with one attached hydrogen (secondary N) is 1. The maximum Gasteiger partial charge on any atom is 0.271 e. The predicted octanol–water partition coefficient (Wildman–Crippen LogP) is 4.10. The lowest BCUT2D eigenvalue weighted by Crippen LogP contribution is -2.65. The molecule has 1 aliphatic carbocycles. The highest BCUT2D eigenvalue weighted by molar-refractivity contribution is 6.02. The fraction of sp³-hybridized carbons (Fsp3) is 0.667. The molecular weight excluding hydrogens is 394 g/mol. The third-order valence-corrected chi connectivity index (χ3v) is 6.85. The fourth-order valence-corrected chi connectivity index (χ4v) is 5.03. The number of ether oxygens (including phenoxy) is 1. The van der Waals surface area contributed by atoms with E-state index in [-0.39, 0.29) is 17.9 Å². The lowest BCUT2D eigenvalue weighted by molar-refractivity contribution is -0.133. The second kappa shape index (κ2) is 9.47. The molecule has 7 nitrogen and oxygen atoms in total. The average Bonchev–Trinajstić information content (AvgIpc) is 3.31. The van der Waals surface area contributed by atoms with Gasteiger partial charge in [0.2, 0.25) is 5.91 Å². The Morgan fingerprint density at radius 1 is 1.26 bits per heavy atom. The van der Waals surface area contributed by atoms with E-state index >= 15 is 0 Å². The highest BCUT2D eigenvalue weighted by Crippen LogP contribution is 2.33. The Labute approximate surface area is 184 Å². The van der Waals surface area contributed by atoms with Crippen LogP contribution in [0.15, 0.2) is 22.8 Å². The average molecular weight is 430 g/mol. The van der Waals surface area contributed by atoms with Crippen LogP contribution in [0.2, 0.25) is 0 Å². The van der Waals surface area contributed by atoms with Gasteiger partial charge in [0.25, 0.3) is 5.91 Å². The summed E-state index contributed by atoms with van der Waals surface area (Å²) < 4.78 is 13.0. The zero-order valence-electron chi connectivity index (χ0n) is 18.8. The van der Waals surface area contributed by atoms with E-state index in [0.29, 0.717) is 44.0 Å². The van der Waals surface area contributed by atoms with Crippen molar-refractivity contribution in [3.63, 3.8) is 0 Å². The summed E-state index contributed by atoms with van der Waals surface area (Å²) in [5.74, 6) is -0.178. The van der Waals surface area contributed by atoms with Crippen LogP contribution < -0.4 is 5.32 Å². The number of carbonyl (C=O) groups excluding carboxylic acids is 2.